The number of rotatable bonds is 6. The van der Waals surface area contributed by atoms with Crippen molar-refractivity contribution in [3.8, 4) is 0 Å². The summed E-state index contributed by atoms with van der Waals surface area (Å²) in [6.45, 7) is 8.61. The number of para-hydroxylation sites is 1. The fraction of sp³-hybridized carbons (Fsp3) is 0.516. The van der Waals surface area contributed by atoms with E-state index in [-0.39, 0.29) is 28.9 Å². The van der Waals surface area contributed by atoms with Gasteiger partial charge in [0.1, 0.15) is 0 Å². The lowest BCUT2D eigenvalue weighted by Gasteiger charge is -2.47. The molecule has 6 heteroatoms. The third-order valence-electron chi connectivity index (χ3n) is 9.10. The van der Waals surface area contributed by atoms with Crippen molar-refractivity contribution < 1.29 is 19.0 Å². The van der Waals surface area contributed by atoms with Crippen LogP contribution in [0.3, 0.4) is 0 Å². The summed E-state index contributed by atoms with van der Waals surface area (Å²) in [5.41, 5.74) is 4.90. The van der Waals surface area contributed by atoms with Gasteiger partial charge in [-0.2, -0.15) is 0 Å². The topological polar surface area (TPSA) is 60.0 Å². The molecule has 2 aromatic rings. The van der Waals surface area contributed by atoms with Gasteiger partial charge in [0.15, 0.2) is 5.79 Å². The van der Waals surface area contributed by atoms with E-state index in [2.05, 4.69) is 71.7 Å². The molecule has 4 aliphatic rings. The fourth-order valence-corrected chi connectivity index (χ4v) is 7.64. The van der Waals surface area contributed by atoms with E-state index in [4.69, 9.17) is 14.2 Å². The number of hydrogen-bond donors (Lipinski definition) is 1. The van der Waals surface area contributed by atoms with Gasteiger partial charge in [-0.1, -0.05) is 55.5 Å². The van der Waals surface area contributed by atoms with Gasteiger partial charge >= 0.3 is 5.97 Å². The van der Waals surface area contributed by atoms with Gasteiger partial charge in [0, 0.05) is 30.5 Å². The summed E-state index contributed by atoms with van der Waals surface area (Å²) in [6.07, 6.45) is 3.32. The fourth-order valence-electron chi connectivity index (χ4n) is 7.64. The number of benzene rings is 2. The number of ether oxygens (including phenoxy) is 3. The molecule has 6 rings (SSSR count). The molecule has 0 amide bonds. The molecule has 0 bridgehead atoms. The lowest BCUT2D eigenvalue weighted by atomic mass is 9.61. The summed E-state index contributed by atoms with van der Waals surface area (Å²) in [7, 11) is 1.49. The Kier molecular flexibility index (Phi) is 5.98. The zero-order valence-electron chi connectivity index (χ0n) is 22.4. The number of anilines is 1. The van der Waals surface area contributed by atoms with Gasteiger partial charge in [-0.3, -0.25) is 4.90 Å². The minimum Gasteiger partial charge on any atom is -0.466 e. The molecule has 3 heterocycles. The van der Waals surface area contributed by atoms with Crippen LogP contribution in [0.4, 0.5) is 5.69 Å². The first-order valence-electron chi connectivity index (χ1n) is 13.6. The van der Waals surface area contributed by atoms with E-state index in [0.717, 1.165) is 49.3 Å². The number of hydrogen-bond acceptors (Lipinski definition) is 6. The molecule has 1 N–H and O–H groups in total. The normalized spacial score (nSPS) is 32.0. The molecule has 0 radical (unpaired) electrons. The number of likely N-dealkylation sites (tertiary alicyclic amines) is 1. The van der Waals surface area contributed by atoms with Gasteiger partial charge in [0.25, 0.3) is 0 Å². The highest BCUT2D eigenvalue weighted by atomic mass is 16.8. The first-order chi connectivity index (χ1) is 17.8. The summed E-state index contributed by atoms with van der Waals surface area (Å²) < 4.78 is 18.1. The molecule has 0 saturated carbocycles. The van der Waals surface area contributed by atoms with Gasteiger partial charge in [0.2, 0.25) is 0 Å². The smallest absolute Gasteiger partial charge is 0.335 e. The van der Waals surface area contributed by atoms with Gasteiger partial charge in [-0.05, 0) is 62.6 Å². The zero-order valence-corrected chi connectivity index (χ0v) is 22.4. The summed E-state index contributed by atoms with van der Waals surface area (Å²) in [4.78, 5) is 15.9. The summed E-state index contributed by atoms with van der Waals surface area (Å²) in [6, 6.07) is 19.5. The molecule has 196 valence electrons. The molecular weight excluding hydrogens is 464 g/mol. The van der Waals surface area contributed by atoms with Crippen molar-refractivity contribution in [2.45, 2.75) is 75.8 Å². The quantitative estimate of drug-likeness (QED) is 0.535. The van der Waals surface area contributed by atoms with E-state index in [1.165, 1.54) is 18.2 Å². The van der Waals surface area contributed by atoms with Gasteiger partial charge in [-0.15, -0.1) is 0 Å². The minimum absolute atomic E-state index is 0.203. The molecule has 2 saturated heterocycles. The van der Waals surface area contributed by atoms with Crippen LogP contribution >= 0.6 is 0 Å². The van der Waals surface area contributed by atoms with Crippen LogP contribution in [0.1, 0.15) is 57.6 Å². The van der Waals surface area contributed by atoms with Crippen molar-refractivity contribution in [1.82, 2.24) is 4.90 Å². The van der Waals surface area contributed by atoms with E-state index in [9.17, 15) is 4.79 Å². The van der Waals surface area contributed by atoms with Crippen molar-refractivity contribution in [3.05, 3.63) is 77.0 Å². The van der Waals surface area contributed by atoms with E-state index >= 15 is 0 Å². The molecule has 0 aromatic heterocycles. The Balaban J connectivity index is 1.48. The highest BCUT2D eigenvalue weighted by Gasteiger charge is 2.62. The first kappa shape index (κ1) is 24.7. The van der Waals surface area contributed by atoms with E-state index in [0.29, 0.717) is 13.0 Å². The van der Waals surface area contributed by atoms with Gasteiger partial charge in [-0.25, -0.2) is 4.79 Å². The van der Waals surface area contributed by atoms with Crippen LogP contribution in [-0.4, -0.2) is 48.6 Å². The largest absolute Gasteiger partial charge is 0.466 e. The maximum atomic E-state index is 13.3. The number of methoxy groups -OCH3 is 1. The second-order valence-corrected chi connectivity index (χ2v) is 11.6. The zero-order chi connectivity index (χ0) is 25.8. The highest BCUT2D eigenvalue weighted by molar-refractivity contribution is 5.93. The average Bonchev–Trinajstić information content (AvgIpc) is 3.55. The lowest BCUT2D eigenvalue weighted by Crippen LogP contribution is -2.53. The van der Waals surface area contributed by atoms with Crippen LogP contribution in [0.5, 0.6) is 0 Å². The predicted molar refractivity (Wildman–Crippen MR) is 143 cm³/mol. The number of carbonyl (C=O) groups excluding carboxylic acids is 1. The third kappa shape index (κ3) is 3.92. The van der Waals surface area contributed by atoms with Crippen LogP contribution < -0.4 is 5.32 Å². The predicted octanol–water partition coefficient (Wildman–Crippen LogP) is 5.39. The molecule has 0 unspecified atom stereocenters. The molecule has 2 aromatic carbocycles. The Morgan fingerprint density at radius 2 is 1.89 bits per heavy atom. The Morgan fingerprint density at radius 1 is 1.14 bits per heavy atom. The number of carbonyl (C=O) groups is 1. The number of nitrogens with one attached hydrogen (secondary N) is 1. The molecule has 1 spiro atoms. The van der Waals surface area contributed by atoms with Crippen molar-refractivity contribution in [1.29, 1.82) is 0 Å². The van der Waals surface area contributed by atoms with Crippen molar-refractivity contribution in [2.24, 2.45) is 5.92 Å². The van der Waals surface area contributed by atoms with E-state index in [1.54, 1.807) is 0 Å². The number of fused-ring (bicyclic) bond motifs is 1. The number of nitrogens with zero attached hydrogens (tertiary/aromatic N) is 1. The van der Waals surface area contributed by atoms with Crippen LogP contribution in [0.2, 0.25) is 0 Å². The molecule has 3 aliphatic heterocycles. The second-order valence-electron chi connectivity index (χ2n) is 11.6. The Hall–Kier alpha value is -2.67. The number of esters is 1. The van der Waals surface area contributed by atoms with Crippen molar-refractivity contribution >= 4 is 11.7 Å². The van der Waals surface area contributed by atoms with Gasteiger partial charge < -0.3 is 19.5 Å². The summed E-state index contributed by atoms with van der Waals surface area (Å²) in [5, 5.41) is 3.70. The van der Waals surface area contributed by atoms with Crippen molar-refractivity contribution in [2.75, 3.05) is 25.6 Å². The first-order valence-corrected chi connectivity index (χ1v) is 13.6. The van der Waals surface area contributed by atoms with Crippen molar-refractivity contribution in [3.63, 3.8) is 0 Å². The molecule has 4 atom stereocenters. The van der Waals surface area contributed by atoms with E-state index < -0.39 is 5.79 Å². The Morgan fingerprint density at radius 3 is 2.59 bits per heavy atom. The van der Waals surface area contributed by atoms with Crippen LogP contribution in [-0.2, 0) is 31.0 Å². The maximum Gasteiger partial charge on any atom is 0.335 e. The Bertz CT molecular complexity index is 1220. The maximum absolute atomic E-state index is 13.3. The highest BCUT2D eigenvalue weighted by Crippen LogP contribution is 2.60. The van der Waals surface area contributed by atoms with Crippen LogP contribution in [0.25, 0.3) is 0 Å². The molecule has 6 nitrogen and oxygen atoms in total. The van der Waals surface area contributed by atoms with E-state index in [1.807, 2.05) is 13.8 Å². The molecular formula is C31H38N2O4. The minimum atomic E-state index is -0.602. The van der Waals surface area contributed by atoms with Crippen LogP contribution in [0.15, 0.2) is 65.9 Å². The summed E-state index contributed by atoms with van der Waals surface area (Å²) in [5.74, 6) is -0.626. The summed E-state index contributed by atoms with van der Waals surface area (Å²) >= 11 is 0. The standard InChI is InChI=1S/C31H38N2O4/c1-5-30(20-36-29(2,3)37-30)18-22-17-23(28(34)35-4)26-31(24-13-9-10-14-25(24)32-26)15-16-33(27(22)31)19-21-11-7-6-8-12-21/h6-14,22,27,32H,5,15-20H2,1-4H3/t22-,27-,30+,31-/m1/s1. The second kappa shape index (κ2) is 8.97. The Labute approximate surface area is 220 Å². The lowest BCUT2D eigenvalue weighted by molar-refractivity contribution is -0.167. The van der Waals surface area contributed by atoms with Crippen LogP contribution in [0, 0.1) is 5.92 Å². The van der Waals surface area contributed by atoms with Gasteiger partial charge in [0.05, 0.1) is 30.3 Å². The molecule has 1 aliphatic carbocycles. The average molecular weight is 503 g/mol. The third-order valence-corrected chi connectivity index (χ3v) is 9.10. The SMILES string of the molecule is CC[C@]1(C[C@H]2CC(C(=O)OC)=C3Nc4ccccc4[C@]34CCN(Cc3ccccc3)[C@H]24)COC(C)(C)O1. The monoisotopic (exact) mass is 502 g/mol. The molecule has 2 fully saturated rings. The molecule has 37 heavy (non-hydrogen) atoms.